The van der Waals surface area contributed by atoms with Crippen LogP contribution in [0.3, 0.4) is 0 Å². The van der Waals surface area contributed by atoms with Crippen molar-refractivity contribution in [3.05, 3.63) is 47.0 Å². The summed E-state index contributed by atoms with van der Waals surface area (Å²) in [5, 5.41) is 5.75. The fourth-order valence-electron chi connectivity index (χ4n) is 2.36. The van der Waals surface area contributed by atoms with Gasteiger partial charge >= 0.3 is 0 Å². The fraction of sp³-hybridized carbons (Fsp3) is 0.444. The molecule has 1 aromatic carbocycles. The van der Waals surface area contributed by atoms with Gasteiger partial charge in [0, 0.05) is 37.3 Å². The molecule has 1 heterocycles. The predicted molar refractivity (Wildman–Crippen MR) is 89.0 cm³/mol. The summed E-state index contributed by atoms with van der Waals surface area (Å²) >= 11 is 0. The molecule has 1 aliphatic rings. The van der Waals surface area contributed by atoms with E-state index in [0.717, 1.165) is 30.8 Å². The maximum atomic E-state index is 12.1. The van der Waals surface area contributed by atoms with Crippen LogP contribution in [0.2, 0.25) is 0 Å². The topological polar surface area (TPSA) is 67.4 Å². The smallest absolute Gasteiger partial charge is 0.251 e. The Hall–Kier alpha value is -2.14. The van der Waals surface area contributed by atoms with Gasteiger partial charge in [-0.3, -0.25) is 9.59 Å². The number of benzene rings is 1. The van der Waals surface area contributed by atoms with Crippen LogP contribution in [-0.2, 0) is 16.1 Å². The molecule has 5 nitrogen and oxygen atoms in total. The molecule has 5 heteroatoms. The van der Waals surface area contributed by atoms with Gasteiger partial charge in [-0.05, 0) is 38.0 Å². The van der Waals surface area contributed by atoms with Crippen LogP contribution in [0.4, 0.5) is 0 Å². The molecule has 23 heavy (non-hydrogen) atoms. The highest BCUT2D eigenvalue weighted by Gasteiger charge is 2.16. The van der Waals surface area contributed by atoms with E-state index in [4.69, 9.17) is 4.74 Å². The number of carbonyl (C=O) groups excluding carboxylic acids is 2. The first kappa shape index (κ1) is 17.2. The van der Waals surface area contributed by atoms with E-state index in [2.05, 4.69) is 10.6 Å². The number of allylic oxidation sites excluding steroid dienone is 1. The molecule has 1 fully saturated rings. The van der Waals surface area contributed by atoms with Crippen LogP contribution in [0.15, 0.2) is 35.9 Å². The van der Waals surface area contributed by atoms with Crippen molar-refractivity contribution in [2.24, 2.45) is 5.92 Å². The van der Waals surface area contributed by atoms with Crippen molar-refractivity contribution in [3.8, 4) is 0 Å². The molecule has 2 amide bonds. The average Bonchev–Trinajstić information content (AvgIpc) is 3.04. The molecule has 1 aliphatic heterocycles. The van der Waals surface area contributed by atoms with Crippen LogP contribution in [-0.4, -0.2) is 31.6 Å². The fourth-order valence-corrected chi connectivity index (χ4v) is 2.36. The zero-order chi connectivity index (χ0) is 16.7. The van der Waals surface area contributed by atoms with Crippen molar-refractivity contribution in [3.63, 3.8) is 0 Å². The summed E-state index contributed by atoms with van der Waals surface area (Å²) in [6, 6.07) is 7.28. The maximum Gasteiger partial charge on any atom is 0.251 e. The molecule has 0 radical (unpaired) electrons. The molecule has 1 saturated heterocycles. The number of rotatable bonds is 6. The lowest BCUT2D eigenvalue weighted by Gasteiger charge is -2.10. The molecule has 0 unspecified atom stereocenters. The lowest BCUT2D eigenvalue weighted by molar-refractivity contribution is -0.116. The summed E-state index contributed by atoms with van der Waals surface area (Å²) in [5.74, 6) is 0.242. The van der Waals surface area contributed by atoms with Gasteiger partial charge in [0.15, 0.2) is 0 Å². The van der Waals surface area contributed by atoms with Crippen molar-refractivity contribution in [1.82, 2.24) is 10.6 Å². The van der Waals surface area contributed by atoms with E-state index in [1.54, 1.807) is 18.2 Å². The van der Waals surface area contributed by atoms with Gasteiger partial charge in [-0.25, -0.2) is 0 Å². The predicted octanol–water partition coefficient (Wildman–Crippen LogP) is 2.04. The molecule has 0 aromatic heterocycles. The Kier molecular flexibility index (Phi) is 6.35. The van der Waals surface area contributed by atoms with Gasteiger partial charge in [-0.2, -0.15) is 0 Å². The first-order chi connectivity index (χ1) is 11.0. The third-order valence-corrected chi connectivity index (χ3v) is 3.68. The van der Waals surface area contributed by atoms with Gasteiger partial charge in [-0.15, -0.1) is 0 Å². The summed E-state index contributed by atoms with van der Waals surface area (Å²) < 4.78 is 5.29. The van der Waals surface area contributed by atoms with E-state index in [-0.39, 0.29) is 11.8 Å². The molecule has 124 valence electrons. The van der Waals surface area contributed by atoms with Crippen molar-refractivity contribution in [2.75, 3.05) is 19.8 Å². The Morgan fingerprint density at radius 3 is 2.57 bits per heavy atom. The number of nitrogens with one attached hydrogen (secondary N) is 2. The third kappa shape index (κ3) is 5.87. The molecule has 0 aliphatic carbocycles. The van der Waals surface area contributed by atoms with Crippen LogP contribution in [0.25, 0.3) is 0 Å². The van der Waals surface area contributed by atoms with Gasteiger partial charge in [-0.1, -0.05) is 17.7 Å². The summed E-state index contributed by atoms with van der Waals surface area (Å²) in [7, 11) is 0. The molecular formula is C18H24N2O3. The standard InChI is InChI=1S/C18H24N2O3/c1-13(2)9-17(21)19-10-14-3-5-16(6-4-14)18(22)20-11-15-7-8-23-12-15/h3-6,9,15H,7-8,10-12H2,1-2H3,(H,19,21)(H,20,22)/t15-/m1/s1. The highest BCUT2D eigenvalue weighted by molar-refractivity contribution is 5.94. The molecule has 1 atom stereocenters. The lowest BCUT2D eigenvalue weighted by atomic mass is 10.1. The number of hydrogen-bond acceptors (Lipinski definition) is 3. The highest BCUT2D eigenvalue weighted by Crippen LogP contribution is 2.11. The van der Waals surface area contributed by atoms with Crippen LogP contribution < -0.4 is 10.6 Å². The largest absolute Gasteiger partial charge is 0.381 e. The van der Waals surface area contributed by atoms with E-state index in [1.165, 1.54) is 0 Å². The van der Waals surface area contributed by atoms with Crippen LogP contribution in [0, 0.1) is 5.92 Å². The minimum Gasteiger partial charge on any atom is -0.381 e. The second kappa shape index (κ2) is 8.48. The van der Waals surface area contributed by atoms with E-state index in [0.29, 0.717) is 24.6 Å². The second-order valence-electron chi connectivity index (χ2n) is 6.08. The maximum absolute atomic E-state index is 12.1. The Balaban J connectivity index is 1.80. The third-order valence-electron chi connectivity index (χ3n) is 3.68. The first-order valence-corrected chi connectivity index (χ1v) is 7.92. The SMILES string of the molecule is CC(C)=CC(=O)NCc1ccc(C(=O)NC[C@H]2CCOC2)cc1. The Labute approximate surface area is 137 Å². The molecule has 0 bridgehead atoms. The highest BCUT2D eigenvalue weighted by atomic mass is 16.5. The van der Waals surface area contributed by atoms with Crippen molar-refractivity contribution < 1.29 is 14.3 Å². The number of carbonyl (C=O) groups is 2. The summed E-state index contributed by atoms with van der Waals surface area (Å²) in [4.78, 5) is 23.6. The van der Waals surface area contributed by atoms with Crippen LogP contribution in [0.1, 0.15) is 36.2 Å². The van der Waals surface area contributed by atoms with Crippen molar-refractivity contribution >= 4 is 11.8 Å². The van der Waals surface area contributed by atoms with E-state index in [1.807, 2.05) is 26.0 Å². The minimum absolute atomic E-state index is 0.0722. The minimum atomic E-state index is -0.106. The molecule has 2 rings (SSSR count). The van der Waals surface area contributed by atoms with Crippen molar-refractivity contribution in [1.29, 1.82) is 0 Å². The zero-order valence-electron chi connectivity index (χ0n) is 13.7. The van der Waals surface area contributed by atoms with Gasteiger partial charge < -0.3 is 15.4 Å². The summed E-state index contributed by atoms with van der Waals surface area (Å²) in [5.41, 5.74) is 2.55. The lowest BCUT2D eigenvalue weighted by Crippen LogP contribution is -2.29. The number of hydrogen-bond donors (Lipinski definition) is 2. The van der Waals surface area contributed by atoms with Gasteiger partial charge in [0.1, 0.15) is 0 Å². The first-order valence-electron chi connectivity index (χ1n) is 7.92. The molecule has 0 saturated carbocycles. The van der Waals surface area contributed by atoms with Crippen LogP contribution in [0.5, 0.6) is 0 Å². The van der Waals surface area contributed by atoms with E-state index >= 15 is 0 Å². The van der Waals surface area contributed by atoms with Gasteiger partial charge in [0.05, 0.1) is 6.61 Å². The quantitative estimate of drug-likeness (QED) is 0.789. The molecular weight excluding hydrogens is 292 g/mol. The number of amides is 2. The van der Waals surface area contributed by atoms with Gasteiger partial charge in [0.2, 0.25) is 5.91 Å². The van der Waals surface area contributed by atoms with Gasteiger partial charge in [0.25, 0.3) is 5.91 Å². The summed E-state index contributed by atoms with van der Waals surface area (Å²) in [6.07, 6.45) is 2.57. The second-order valence-corrected chi connectivity index (χ2v) is 6.08. The average molecular weight is 316 g/mol. The normalized spacial score (nSPS) is 16.7. The Morgan fingerprint density at radius 2 is 1.96 bits per heavy atom. The number of ether oxygens (including phenoxy) is 1. The Bertz CT molecular complexity index is 568. The molecule has 2 N–H and O–H groups in total. The van der Waals surface area contributed by atoms with E-state index < -0.39 is 0 Å². The van der Waals surface area contributed by atoms with E-state index in [9.17, 15) is 9.59 Å². The Morgan fingerprint density at radius 1 is 1.22 bits per heavy atom. The monoisotopic (exact) mass is 316 g/mol. The zero-order valence-corrected chi connectivity index (χ0v) is 13.7. The molecule has 0 spiro atoms. The summed E-state index contributed by atoms with van der Waals surface area (Å²) in [6.45, 7) is 6.37. The molecule has 1 aromatic rings. The van der Waals surface area contributed by atoms with Crippen LogP contribution >= 0.6 is 0 Å². The van der Waals surface area contributed by atoms with Crippen molar-refractivity contribution in [2.45, 2.75) is 26.8 Å².